The first-order valence-electron chi connectivity index (χ1n) is 5.50. The van der Waals surface area contributed by atoms with Crippen LogP contribution in [0, 0.1) is 0 Å². The van der Waals surface area contributed by atoms with Gasteiger partial charge in [-0.3, -0.25) is 0 Å². The average Bonchev–Trinajstić information content (AvgIpc) is 2.82. The minimum absolute atomic E-state index is 0.942. The van der Waals surface area contributed by atoms with Crippen LogP contribution in [0.15, 0.2) is 67.0 Å². The van der Waals surface area contributed by atoms with E-state index in [-0.39, 0.29) is 0 Å². The highest BCUT2D eigenvalue weighted by molar-refractivity contribution is 5.82. The van der Waals surface area contributed by atoms with Crippen LogP contribution in [0.25, 0.3) is 10.8 Å². The van der Waals surface area contributed by atoms with Crippen LogP contribution in [0.3, 0.4) is 0 Å². The van der Waals surface area contributed by atoms with Gasteiger partial charge >= 0.3 is 0 Å². The van der Waals surface area contributed by atoms with E-state index in [2.05, 4.69) is 71.6 Å². The Bertz CT molecular complexity index is 594. The Morgan fingerprint density at radius 1 is 0.750 bits per heavy atom. The van der Waals surface area contributed by atoms with Crippen molar-refractivity contribution in [1.29, 1.82) is 0 Å². The van der Waals surface area contributed by atoms with Crippen LogP contribution in [0.4, 0.5) is 0 Å². The van der Waals surface area contributed by atoms with Crippen LogP contribution >= 0.6 is 0 Å². The zero-order valence-corrected chi connectivity index (χ0v) is 9.01. The Labute approximate surface area is 95.0 Å². The monoisotopic (exact) mass is 207 g/mol. The van der Waals surface area contributed by atoms with Crippen LogP contribution in [0.2, 0.25) is 0 Å². The summed E-state index contributed by atoms with van der Waals surface area (Å²) in [5.74, 6) is 0. The molecule has 0 aliphatic carbocycles. The molecule has 0 saturated carbocycles. The topological polar surface area (TPSA) is 4.93 Å². The zero-order chi connectivity index (χ0) is 10.8. The average molecular weight is 207 g/mol. The third-order valence-electron chi connectivity index (χ3n) is 2.85. The molecular formula is C15H13N. The molecule has 0 fully saturated rings. The third-order valence-corrected chi connectivity index (χ3v) is 2.85. The van der Waals surface area contributed by atoms with Crippen molar-refractivity contribution in [3.8, 4) is 0 Å². The van der Waals surface area contributed by atoms with Crippen LogP contribution in [-0.2, 0) is 6.54 Å². The van der Waals surface area contributed by atoms with E-state index in [9.17, 15) is 0 Å². The molecule has 1 aromatic heterocycles. The maximum atomic E-state index is 2.26. The molecule has 0 spiro atoms. The van der Waals surface area contributed by atoms with Gasteiger partial charge in [0.15, 0.2) is 0 Å². The lowest BCUT2D eigenvalue weighted by atomic mass is 10.1. The zero-order valence-electron chi connectivity index (χ0n) is 9.01. The second-order valence-corrected chi connectivity index (χ2v) is 4.04. The number of nitrogens with zero attached hydrogens (tertiary/aromatic N) is 1. The maximum Gasteiger partial charge on any atom is 0.0470 e. The van der Waals surface area contributed by atoms with E-state index in [1.54, 1.807) is 0 Å². The SMILES string of the molecule is c1ccc2cc(Cn3cccc3)ccc2c1. The third kappa shape index (κ3) is 1.72. The van der Waals surface area contributed by atoms with Crippen molar-refractivity contribution in [2.75, 3.05) is 0 Å². The van der Waals surface area contributed by atoms with Crippen molar-refractivity contribution in [3.63, 3.8) is 0 Å². The van der Waals surface area contributed by atoms with E-state index in [1.807, 2.05) is 0 Å². The first-order valence-corrected chi connectivity index (χ1v) is 5.50. The van der Waals surface area contributed by atoms with E-state index in [0.717, 1.165) is 6.54 Å². The van der Waals surface area contributed by atoms with E-state index in [4.69, 9.17) is 0 Å². The van der Waals surface area contributed by atoms with Crippen molar-refractivity contribution >= 4 is 10.8 Å². The van der Waals surface area contributed by atoms with E-state index < -0.39 is 0 Å². The Hall–Kier alpha value is -2.02. The van der Waals surface area contributed by atoms with Crippen LogP contribution in [0.1, 0.15) is 5.56 Å². The largest absolute Gasteiger partial charge is 0.350 e. The molecule has 0 aliphatic heterocycles. The summed E-state index contributed by atoms with van der Waals surface area (Å²) in [6.45, 7) is 0.942. The molecule has 78 valence electrons. The molecule has 0 bridgehead atoms. The van der Waals surface area contributed by atoms with Crippen molar-refractivity contribution in [3.05, 3.63) is 72.6 Å². The molecule has 0 aliphatic rings. The molecule has 1 heterocycles. The highest BCUT2D eigenvalue weighted by Gasteiger charge is 1.96. The molecule has 16 heavy (non-hydrogen) atoms. The molecule has 0 saturated heterocycles. The van der Waals surface area contributed by atoms with Gasteiger partial charge in [-0.15, -0.1) is 0 Å². The van der Waals surface area contributed by atoms with Gasteiger partial charge in [-0.05, 0) is 34.5 Å². The van der Waals surface area contributed by atoms with Gasteiger partial charge in [-0.1, -0.05) is 36.4 Å². The summed E-state index contributed by atoms with van der Waals surface area (Å²) < 4.78 is 2.18. The number of hydrogen-bond donors (Lipinski definition) is 0. The summed E-state index contributed by atoms with van der Waals surface area (Å²) in [4.78, 5) is 0. The maximum absolute atomic E-state index is 2.26. The van der Waals surface area contributed by atoms with Gasteiger partial charge in [0.25, 0.3) is 0 Å². The summed E-state index contributed by atoms with van der Waals surface area (Å²) in [6.07, 6.45) is 4.18. The summed E-state index contributed by atoms with van der Waals surface area (Å²) >= 11 is 0. The van der Waals surface area contributed by atoms with Crippen molar-refractivity contribution in [2.24, 2.45) is 0 Å². The normalized spacial score (nSPS) is 10.8. The standard InChI is InChI=1S/C15H13N/c1-2-6-15-11-13(7-8-14(15)5-1)12-16-9-3-4-10-16/h1-11H,12H2. The number of fused-ring (bicyclic) bond motifs is 1. The Balaban J connectivity index is 1.99. The fourth-order valence-corrected chi connectivity index (χ4v) is 2.02. The van der Waals surface area contributed by atoms with Gasteiger partial charge in [-0.2, -0.15) is 0 Å². The summed E-state index contributed by atoms with van der Waals surface area (Å²) in [7, 11) is 0. The lowest BCUT2D eigenvalue weighted by Crippen LogP contribution is -1.95. The Kier molecular flexibility index (Phi) is 2.22. The lowest BCUT2D eigenvalue weighted by molar-refractivity contribution is 0.807. The predicted molar refractivity (Wildman–Crippen MR) is 67.5 cm³/mol. The van der Waals surface area contributed by atoms with Gasteiger partial charge in [0.1, 0.15) is 0 Å². The molecular weight excluding hydrogens is 194 g/mol. The molecule has 0 unspecified atom stereocenters. The molecule has 0 N–H and O–H groups in total. The first-order chi connectivity index (χ1) is 7.92. The van der Waals surface area contributed by atoms with Gasteiger partial charge in [-0.25, -0.2) is 0 Å². The highest BCUT2D eigenvalue weighted by Crippen LogP contribution is 2.16. The minimum atomic E-state index is 0.942. The highest BCUT2D eigenvalue weighted by atomic mass is 14.9. The first kappa shape index (κ1) is 9.22. The minimum Gasteiger partial charge on any atom is -0.350 e. The molecule has 0 amide bonds. The van der Waals surface area contributed by atoms with Crippen molar-refractivity contribution in [2.45, 2.75) is 6.54 Å². The van der Waals surface area contributed by atoms with Gasteiger partial charge in [0, 0.05) is 18.9 Å². The summed E-state index contributed by atoms with van der Waals surface area (Å²) in [5.41, 5.74) is 1.34. The van der Waals surface area contributed by atoms with Crippen LogP contribution in [0.5, 0.6) is 0 Å². The summed E-state index contributed by atoms with van der Waals surface area (Å²) in [5, 5.41) is 2.62. The van der Waals surface area contributed by atoms with E-state index in [0.29, 0.717) is 0 Å². The number of aromatic nitrogens is 1. The molecule has 1 nitrogen and oxygen atoms in total. The number of hydrogen-bond acceptors (Lipinski definition) is 0. The lowest BCUT2D eigenvalue weighted by Gasteiger charge is -2.05. The fourth-order valence-electron chi connectivity index (χ4n) is 2.02. The second kappa shape index (κ2) is 3.86. The van der Waals surface area contributed by atoms with Crippen molar-refractivity contribution < 1.29 is 0 Å². The number of benzene rings is 2. The Morgan fingerprint density at radius 2 is 1.50 bits per heavy atom. The van der Waals surface area contributed by atoms with Crippen LogP contribution < -0.4 is 0 Å². The fraction of sp³-hybridized carbons (Fsp3) is 0.0667. The molecule has 0 radical (unpaired) electrons. The Morgan fingerprint density at radius 3 is 2.31 bits per heavy atom. The van der Waals surface area contributed by atoms with Gasteiger partial charge < -0.3 is 4.57 Å². The molecule has 1 heteroatoms. The van der Waals surface area contributed by atoms with E-state index >= 15 is 0 Å². The molecule has 2 aromatic carbocycles. The van der Waals surface area contributed by atoms with E-state index in [1.165, 1.54) is 16.3 Å². The molecule has 0 atom stereocenters. The molecule has 3 rings (SSSR count). The van der Waals surface area contributed by atoms with Gasteiger partial charge in [0.2, 0.25) is 0 Å². The number of rotatable bonds is 2. The quantitative estimate of drug-likeness (QED) is 0.604. The smallest absolute Gasteiger partial charge is 0.0470 e. The van der Waals surface area contributed by atoms with Crippen molar-refractivity contribution in [1.82, 2.24) is 4.57 Å². The van der Waals surface area contributed by atoms with Crippen LogP contribution in [-0.4, -0.2) is 4.57 Å². The predicted octanol–water partition coefficient (Wildman–Crippen LogP) is 3.69. The summed E-state index contributed by atoms with van der Waals surface area (Å²) in [6, 6.07) is 19.2. The van der Waals surface area contributed by atoms with Gasteiger partial charge in [0.05, 0.1) is 0 Å². The molecule has 3 aromatic rings. The second-order valence-electron chi connectivity index (χ2n) is 4.04.